The molecule has 1 aliphatic heterocycles. The Morgan fingerprint density at radius 1 is 1.09 bits per heavy atom. The summed E-state index contributed by atoms with van der Waals surface area (Å²) in [7, 11) is 0. The molecule has 0 aliphatic carbocycles. The summed E-state index contributed by atoms with van der Waals surface area (Å²) in [5.41, 5.74) is 8.80. The van der Waals surface area contributed by atoms with Crippen LogP contribution in [0.1, 0.15) is 28.2 Å². The van der Waals surface area contributed by atoms with Gasteiger partial charge in [-0.15, -0.1) is 0 Å². The molecule has 0 radical (unpaired) electrons. The van der Waals surface area contributed by atoms with E-state index in [1.54, 1.807) is 36.4 Å². The Kier molecular flexibility index (Phi) is 4.45. The molecule has 3 N–H and O–H groups in total. The molecule has 1 aliphatic rings. The smallest absolute Gasteiger partial charge is 0.228 e. The topological polar surface area (TPSA) is 101 Å². The maximum atomic E-state index is 14.5. The Morgan fingerprint density at radius 3 is 2.69 bits per heavy atom. The van der Waals surface area contributed by atoms with Crippen molar-refractivity contribution in [1.82, 2.24) is 9.55 Å². The molecule has 0 saturated carbocycles. The lowest BCUT2D eigenvalue weighted by Gasteiger charge is -2.28. The number of hydrogen-bond acceptors (Lipinski definition) is 5. The number of aromatic nitrogens is 2. The summed E-state index contributed by atoms with van der Waals surface area (Å²) in [6, 6.07) is 17.5. The van der Waals surface area contributed by atoms with E-state index in [0.717, 1.165) is 23.3 Å². The van der Waals surface area contributed by atoms with Crippen LogP contribution < -0.4 is 16.0 Å². The standard InChI is InChI=1S/C24H15F2N5O/c25-15-5-7-19(18(26)10-15)31-12-30-24-22(23(31)29)21(14-2-1-3-16(28)9-14)17-6-4-13(11-27)8-20(17)32-24/h1-10,12,21,29H,28H2. The van der Waals surface area contributed by atoms with Gasteiger partial charge in [-0.05, 0) is 42.0 Å². The third-order valence-corrected chi connectivity index (χ3v) is 5.38. The van der Waals surface area contributed by atoms with Gasteiger partial charge >= 0.3 is 0 Å². The average Bonchev–Trinajstić information content (AvgIpc) is 2.78. The Labute approximate surface area is 181 Å². The zero-order valence-corrected chi connectivity index (χ0v) is 16.5. The highest BCUT2D eigenvalue weighted by Gasteiger charge is 2.32. The van der Waals surface area contributed by atoms with Gasteiger partial charge < -0.3 is 10.5 Å². The number of hydrogen-bond donors (Lipinski definition) is 2. The largest absolute Gasteiger partial charge is 0.438 e. The molecule has 4 aromatic rings. The molecule has 0 fully saturated rings. The number of ether oxygens (including phenoxy) is 1. The number of nitrogen functional groups attached to an aromatic ring is 1. The minimum Gasteiger partial charge on any atom is -0.438 e. The number of nitrogens with zero attached hydrogens (tertiary/aromatic N) is 3. The highest BCUT2D eigenvalue weighted by Crippen LogP contribution is 2.45. The van der Waals surface area contributed by atoms with Gasteiger partial charge in [-0.2, -0.15) is 5.26 Å². The lowest BCUT2D eigenvalue weighted by atomic mass is 9.83. The van der Waals surface area contributed by atoms with E-state index in [9.17, 15) is 14.0 Å². The fourth-order valence-corrected chi connectivity index (χ4v) is 3.94. The summed E-state index contributed by atoms with van der Waals surface area (Å²) in [5.74, 6) is -1.42. The first-order valence-electron chi connectivity index (χ1n) is 9.65. The third kappa shape index (κ3) is 3.08. The Morgan fingerprint density at radius 2 is 1.94 bits per heavy atom. The lowest BCUT2D eigenvalue weighted by Crippen LogP contribution is -2.29. The number of fused-ring (bicyclic) bond motifs is 2. The third-order valence-electron chi connectivity index (χ3n) is 5.38. The van der Waals surface area contributed by atoms with Crippen molar-refractivity contribution in [3.8, 4) is 23.4 Å². The second-order valence-corrected chi connectivity index (χ2v) is 7.35. The monoisotopic (exact) mass is 427 g/mol. The fourth-order valence-electron chi connectivity index (χ4n) is 3.94. The second kappa shape index (κ2) is 7.32. The second-order valence-electron chi connectivity index (χ2n) is 7.35. The van der Waals surface area contributed by atoms with Crippen LogP contribution in [-0.4, -0.2) is 9.55 Å². The van der Waals surface area contributed by atoms with Gasteiger partial charge in [-0.25, -0.2) is 13.8 Å². The summed E-state index contributed by atoms with van der Waals surface area (Å²) in [4.78, 5) is 4.32. The predicted octanol–water partition coefficient (Wildman–Crippen LogP) is 4.37. The highest BCUT2D eigenvalue weighted by atomic mass is 19.1. The molecule has 3 aromatic carbocycles. The lowest BCUT2D eigenvalue weighted by molar-refractivity contribution is 0.426. The van der Waals surface area contributed by atoms with Gasteiger partial charge in [0.1, 0.15) is 29.2 Å². The van der Waals surface area contributed by atoms with Crippen LogP contribution in [0.3, 0.4) is 0 Å². The molecule has 1 atom stereocenters. The molecule has 8 heteroatoms. The van der Waals surface area contributed by atoms with Crippen molar-refractivity contribution >= 4 is 5.69 Å². The zero-order valence-electron chi connectivity index (χ0n) is 16.5. The summed E-state index contributed by atoms with van der Waals surface area (Å²) in [6.07, 6.45) is 1.26. The number of nitriles is 1. The number of anilines is 1. The number of nitrogens with two attached hydrogens (primary N) is 1. The maximum Gasteiger partial charge on any atom is 0.228 e. The van der Waals surface area contributed by atoms with Gasteiger partial charge in [-0.3, -0.25) is 9.98 Å². The zero-order chi connectivity index (χ0) is 22.4. The number of benzene rings is 3. The molecule has 1 unspecified atom stereocenters. The summed E-state index contributed by atoms with van der Waals surface area (Å²) in [5, 5.41) is 18.1. The van der Waals surface area contributed by atoms with Gasteiger partial charge in [-0.1, -0.05) is 18.2 Å². The van der Waals surface area contributed by atoms with E-state index < -0.39 is 17.6 Å². The summed E-state index contributed by atoms with van der Waals surface area (Å²) < 4.78 is 35.1. The van der Waals surface area contributed by atoms with Crippen LogP contribution in [0.25, 0.3) is 5.69 Å². The molecular formula is C24H15F2N5O. The molecule has 0 saturated heterocycles. The summed E-state index contributed by atoms with van der Waals surface area (Å²) in [6.45, 7) is 0. The Balaban J connectivity index is 1.79. The first-order chi connectivity index (χ1) is 15.5. The van der Waals surface area contributed by atoms with Crippen LogP contribution in [0, 0.1) is 28.4 Å². The average molecular weight is 427 g/mol. The predicted molar refractivity (Wildman–Crippen MR) is 112 cm³/mol. The molecule has 1 aromatic heterocycles. The number of halogens is 2. The van der Waals surface area contributed by atoms with Crippen molar-refractivity contribution in [3.05, 3.63) is 106 Å². The number of rotatable bonds is 2. The van der Waals surface area contributed by atoms with E-state index in [1.807, 2.05) is 6.07 Å². The molecular weight excluding hydrogens is 412 g/mol. The molecule has 32 heavy (non-hydrogen) atoms. The Bertz CT molecular complexity index is 1490. The fraction of sp³-hybridized carbons (Fsp3) is 0.0417. The van der Waals surface area contributed by atoms with E-state index in [-0.39, 0.29) is 17.1 Å². The maximum absolute atomic E-state index is 14.5. The van der Waals surface area contributed by atoms with Crippen molar-refractivity contribution in [1.29, 1.82) is 10.7 Å². The van der Waals surface area contributed by atoms with Gasteiger partial charge in [0, 0.05) is 23.2 Å². The molecule has 2 heterocycles. The molecule has 156 valence electrons. The van der Waals surface area contributed by atoms with Crippen LogP contribution in [0.2, 0.25) is 0 Å². The van der Waals surface area contributed by atoms with E-state index in [1.165, 1.54) is 17.0 Å². The molecule has 0 spiro atoms. The first kappa shape index (κ1) is 19.5. The molecule has 0 bridgehead atoms. The molecule has 6 nitrogen and oxygen atoms in total. The van der Waals surface area contributed by atoms with E-state index in [4.69, 9.17) is 15.9 Å². The van der Waals surface area contributed by atoms with Gasteiger partial charge in [0.2, 0.25) is 5.88 Å². The first-order valence-corrected chi connectivity index (χ1v) is 9.65. The van der Waals surface area contributed by atoms with Crippen LogP contribution in [-0.2, 0) is 0 Å². The number of nitrogens with one attached hydrogen (secondary N) is 1. The normalized spacial score (nSPS) is 14.1. The van der Waals surface area contributed by atoms with E-state index >= 15 is 0 Å². The van der Waals surface area contributed by atoms with Crippen LogP contribution >= 0.6 is 0 Å². The van der Waals surface area contributed by atoms with Crippen LogP contribution in [0.5, 0.6) is 11.6 Å². The summed E-state index contributed by atoms with van der Waals surface area (Å²) >= 11 is 0. The van der Waals surface area contributed by atoms with Crippen molar-refractivity contribution in [2.45, 2.75) is 5.92 Å². The van der Waals surface area contributed by atoms with Crippen LogP contribution in [0.4, 0.5) is 14.5 Å². The van der Waals surface area contributed by atoms with Crippen molar-refractivity contribution in [2.75, 3.05) is 5.73 Å². The van der Waals surface area contributed by atoms with E-state index in [0.29, 0.717) is 22.6 Å². The minimum atomic E-state index is -0.818. The van der Waals surface area contributed by atoms with Crippen molar-refractivity contribution < 1.29 is 13.5 Å². The highest BCUT2D eigenvalue weighted by molar-refractivity contribution is 5.59. The molecule has 0 amide bonds. The van der Waals surface area contributed by atoms with Gasteiger partial charge in [0.25, 0.3) is 0 Å². The van der Waals surface area contributed by atoms with Crippen molar-refractivity contribution in [2.24, 2.45) is 0 Å². The van der Waals surface area contributed by atoms with Crippen molar-refractivity contribution in [3.63, 3.8) is 0 Å². The quantitative estimate of drug-likeness (QED) is 0.409. The van der Waals surface area contributed by atoms with E-state index in [2.05, 4.69) is 11.1 Å². The Hall–Kier alpha value is -4.51. The van der Waals surface area contributed by atoms with Gasteiger partial charge in [0.05, 0.1) is 22.9 Å². The molecule has 5 rings (SSSR count). The SMILES string of the molecule is N#Cc1ccc2c(c1)Oc1ncn(-c3ccc(F)cc3F)c(=N)c1C2c1cccc(N)c1. The van der Waals surface area contributed by atoms with Crippen LogP contribution in [0.15, 0.2) is 67.0 Å². The minimum absolute atomic E-state index is 0.0105. The van der Waals surface area contributed by atoms with Gasteiger partial charge in [0.15, 0.2) is 0 Å².